The predicted molar refractivity (Wildman–Crippen MR) is 125 cm³/mol. The highest BCUT2D eigenvalue weighted by atomic mass is 32.1. The maximum absolute atomic E-state index is 4.19. The molecule has 0 amide bonds. The van der Waals surface area contributed by atoms with Gasteiger partial charge >= 0.3 is 0 Å². The summed E-state index contributed by atoms with van der Waals surface area (Å²) in [6, 6.07) is 21.0. The molecule has 0 N–H and O–H groups in total. The molecule has 0 unspecified atom stereocenters. The summed E-state index contributed by atoms with van der Waals surface area (Å²) < 4.78 is 0. The van der Waals surface area contributed by atoms with E-state index in [1.807, 2.05) is 33.3 Å². The Balaban J connectivity index is 0.000000342. The lowest BCUT2D eigenvalue weighted by Crippen LogP contribution is -2.07. The predicted octanol–water partition coefficient (Wildman–Crippen LogP) is 6.04. The number of nitrogens with zero attached hydrogens (tertiary/aromatic N) is 2. The molecule has 0 atom stereocenters. The van der Waals surface area contributed by atoms with E-state index in [4.69, 9.17) is 0 Å². The summed E-state index contributed by atoms with van der Waals surface area (Å²) in [6.07, 6.45) is 6.07. The zero-order chi connectivity index (χ0) is 18.9. The van der Waals surface area contributed by atoms with Crippen molar-refractivity contribution in [3.63, 3.8) is 0 Å². The molecule has 0 aliphatic heterocycles. The van der Waals surface area contributed by atoms with Crippen LogP contribution in [0.4, 0.5) is 5.69 Å². The molecular formula is C24H30N2S. The molecule has 0 saturated carbocycles. The minimum atomic E-state index is 0. The molecule has 0 aliphatic rings. The first-order chi connectivity index (χ1) is 12.4. The number of aromatic nitrogens is 1. The van der Waals surface area contributed by atoms with E-state index in [1.54, 1.807) is 0 Å². The highest BCUT2D eigenvalue weighted by Crippen LogP contribution is 2.14. The van der Waals surface area contributed by atoms with Crippen LogP contribution < -0.4 is 4.90 Å². The van der Waals surface area contributed by atoms with Gasteiger partial charge in [0.1, 0.15) is 0 Å². The van der Waals surface area contributed by atoms with E-state index in [-0.39, 0.29) is 13.5 Å². The van der Waals surface area contributed by atoms with Crippen LogP contribution in [-0.4, -0.2) is 19.1 Å². The van der Waals surface area contributed by atoms with Crippen molar-refractivity contribution in [2.75, 3.05) is 19.0 Å². The molecule has 0 saturated heterocycles. The summed E-state index contributed by atoms with van der Waals surface area (Å²) >= 11 is 0. The molecule has 1 heterocycles. The van der Waals surface area contributed by atoms with E-state index in [9.17, 15) is 0 Å². The van der Waals surface area contributed by atoms with Crippen molar-refractivity contribution in [2.24, 2.45) is 0 Å². The fourth-order valence-electron chi connectivity index (χ4n) is 2.55. The summed E-state index contributed by atoms with van der Waals surface area (Å²) in [5.41, 5.74) is 7.32. The van der Waals surface area contributed by atoms with Crippen molar-refractivity contribution < 1.29 is 0 Å². The SMILES string of the molecule is Cc1cc(C=Cc2ccc(N(C)C)cc2)ccn1.Cc1cccc(C)c1.S. The second kappa shape index (κ2) is 11.2. The van der Waals surface area contributed by atoms with Crippen LogP contribution in [0.5, 0.6) is 0 Å². The summed E-state index contributed by atoms with van der Waals surface area (Å²) in [4.78, 5) is 6.28. The zero-order valence-electron chi connectivity index (χ0n) is 16.9. The minimum Gasteiger partial charge on any atom is -0.378 e. The molecule has 0 radical (unpaired) electrons. The standard InChI is InChI=1S/C16H18N2.C8H10.H2S/c1-13-12-15(10-11-17-13)5-4-14-6-8-16(9-7-14)18(2)3;1-7-4-3-5-8(2)6-7;/h4-12H,1-3H3;3-6H,1-2H3;1H2. The highest BCUT2D eigenvalue weighted by molar-refractivity contribution is 7.59. The summed E-state index contributed by atoms with van der Waals surface area (Å²) in [6.45, 7) is 6.21. The number of pyridine rings is 1. The third-order valence-electron chi connectivity index (χ3n) is 3.97. The van der Waals surface area contributed by atoms with Gasteiger partial charge in [-0.1, -0.05) is 59.7 Å². The summed E-state index contributed by atoms with van der Waals surface area (Å²) in [5, 5.41) is 0. The van der Waals surface area contributed by atoms with E-state index < -0.39 is 0 Å². The van der Waals surface area contributed by atoms with Gasteiger partial charge in [-0.2, -0.15) is 13.5 Å². The molecule has 3 rings (SSSR count). The van der Waals surface area contributed by atoms with E-state index in [0.717, 1.165) is 5.69 Å². The molecule has 0 fully saturated rings. The Hall–Kier alpha value is -2.52. The van der Waals surface area contributed by atoms with Gasteiger partial charge in [0.25, 0.3) is 0 Å². The molecule has 2 aromatic carbocycles. The van der Waals surface area contributed by atoms with E-state index in [1.165, 1.54) is 27.9 Å². The lowest BCUT2D eigenvalue weighted by atomic mass is 10.1. The summed E-state index contributed by atoms with van der Waals surface area (Å²) in [7, 11) is 4.09. The fraction of sp³-hybridized carbons (Fsp3) is 0.208. The molecule has 2 nitrogen and oxygen atoms in total. The molecule has 3 aromatic rings. The Morgan fingerprint density at radius 1 is 0.741 bits per heavy atom. The number of hydrogen-bond acceptors (Lipinski definition) is 2. The number of benzene rings is 2. The van der Waals surface area contributed by atoms with Gasteiger partial charge in [-0.15, -0.1) is 0 Å². The van der Waals surface area contributed by atoms with Gasteiger partial charge in [0, 0.05) is 31.7 Å². The van der Waals surface area contributed by atoms with Gasteiger partial charge in [-0.3, -0.25) is 4.98 Å². The Labute approximate surface area is 171 Å². The van der Waals surface area contributed by atoms with Crippen LogP contribution in [-0.2, 0) is 0 Å². The average molecular weight is 379 g/mol. The lowest BCUT2D eigenvalue weighted by molar-refractivity contribution is 1.13. The number of anilines is 1. The molecule has 3 heteroatoms. The maximum atomic E-state index is 4.19. The quantitative estimate of drug-likeness (QED) is 0.552. The molecule has 0 bridgehead atoms. The second-order valence-electron chi connectivity index (χ2n) is 6.71. The Morgan fingerprint density at radius 2 is 1.33 bits per heavy atom. The Kier molecular flexibility index (Phi) is 9.38. The van der Waals surface area contributed by atoms with E-state index >= 15 is 0 Å². The molecule has 0 spiro atoms. The van der Waals surface area contributed by atoms with E-state index in [2.05, 4.69) is 90.5 Å². The van der Waals surface area contributed by atoms with Crippen LogP contribution in [0.15, 0.2) is 66.9 Å². The fourth-order valence-corrected chi connectivity index (χ4v) is 2.55. The molecule has 142 valence electrons. The van der Waals surface area contributed by atoms with Gasteiger partial charge in [0.2, 0.25) is 0 Å². The number of aryl methyl sites for hydroxylation is 3. The lowest BCUT2D eigenvalue weighted by Gasteiger charge is -2.11. The van der Waals surface area contributed by atoms with Gasteiger partial charge in [-0.05, 0) is 56.2 Å². The first-order valence-corrected chi connectivity index (χ1v) is 8.85. The molecule has 27 heavy (non-hydrogen) atoms. The first kappa shape index (κ1) is 22.5. The normalized spacial score (nSPS) is 9.96. The van der Waals surface area contributed by atoms with Crippen LogP contribution >= 0.6 is 13.5 Å². The van der Waals surface area contributed by atoms with Crippen molar-refractivity contribution in [3.05, 3.63) is 94.8 Å². The topological polar surface area (TPSA) is 16.1 Å². The monoisotopic (exact) mass is 378 g/mol. The molecule has 1 aromatic heterocycles. The van der Waals surface area contributed by atoms with Crippen LogP contribution in [0.3, 0.4) is 0 Å². The third-order valence-corrected chi connectivity index (χ3v) is 3.97. The molecule has 0 aliphatic carbocycles. The van der Waals surface area contributed by atoms with Crippen molar-refractivity contribution >= 4 is 31.3 Å². The Bertz CT molecular complexity index is 835. The maximum Gasteiger partial charge on any atom is 0.0378 e. The largest absolute Gasteiger partial charge is 0.378 e. The van der Waals surface area contributed by atoms with Crippen LogP contribution in [0, 0.1) is 20.8 Å². The number of hydrogen-bond donors (Lipinski definition) is 0. The van der Waals surface area contributed by atoms with Crippen molar-refractivity contribution in [1.82, 2.24) is 4.98 Å². The smallest absolute Gasteiger partial charge is 0.0378 e. The average Bonchev–Trinajstić information content (AvgIpc) is 2.61. The summed E-state index contributed by atoms with van der Waals surface area (Å²) in [5.74, 6) is 0. The van der Waals surface area contributed by atoms with Crippen molar-refractivity contribution in [3.8, 4) is 0 Å². The van der Waals surface area contributed by atoms with Crippen molar-refractivity contribution in [1.29, 1.82) is 0 Å². The van der Waals surface area contributed by atoms with E-state index in [0.29, 0.717) is 0 Å². The number of rotatable bonds is 3. The molecular weight excluding hydrogens is 348 g/mol. The minimum absolute atomic E-state index is 0. The third kappa shape index (κ3) is 8.14. The van der Waals surface area contributed by atoms with Crippen molar-refractivity contribution in [2.45, 2.75) is 20.8 Å². The first-order valence-electron chi connectivity index (χ1n) is 8.85. The highest BCUT2D eigenvalue weighted by Gasteiger charge is 1.94. The van der Waals surface area contributed by atoms with Gasteiger partial charge in [0.15, 0.2) is 0 Å². The zero-order valence-corrected chi connectivity index (χ0v) is 17.9. The van der Waals surface area contributed by atoms with Crippen LogP contribution in [0.1, 0.15) is 27.9 Å². The van der Waals surface area contributed by atoms with Gasteiger partial charge in [-0.25, -0.2) is 0 Å². The Morgan fingerprint density at radius 3 is 1.81 bits per heavy atom. The van der Waals surface area contributed by atoms with Crippen LogP contribution in [0.2, 0.25) is 0 Å². The second-order valence-corrected chi connectivity index (χ2v) is 6.71. The van der Waals surface area contributed by atoms with Gasteiger partial charge in [0.05, 0.1) is 0 Å². The van der Waals surface area contributed by atoms with Gasteiger partial charge < -0.3 is 4.90 Å². The van der Waals surface area contributed by atoms with Crippen LogP contribution in [0.25, 0.3) is 12.2 Å².